The van der Waals surface area contributed by atoms with E-state index in [-0.39, 0.29) is 12.1 Å². The number of benzene rings is 1. The Kier molecular flexibility index (Phi) is 12.3. The minimum atomic E-state index is -0.140. The molecule has 2 aliphatic carbocycles. The van der Waals surface area contributed by atoms with E-state index >= 15 is 0 Å². The molecule has 1 aromatic rings. The smallest absolute Gasteiger partial charge is 0.338 e. The van der Waals surface area contributed by atoms with Gasteiger partial charge in [0.1, 0.15) is 6.10 Å². The molecule has 0 amide bonds. The Labute approximate surface area is 209 Å². The summed E-state index contributed by atoms with van der Waals surface area (Å²) in [6.07, 6.45) is 25.8. The van der Waals surface area contributed by atoms with Gasteiger partial charge in [-0.25, -0.2) is 4.79 Å². The second-order valence-electron chi connectivity index (χ2n) is 11.0. The van der Waals surface area contributed by atoms with Crippen LogP contribution >= 0.6 is 0 Å². The van der Waals surface area contributed by atoms with Crippen LogP contribution in [0.15, 0.2) is 30.3 Å². The number of allylic oxidation sites excluding steroid dienone is 2. The van der Waals surface area contributed by atoms with Crippen LogP contribution in [0.25, 0.3) is 5.57 Å². The first-order valence-corrected chi connectivity index (χ1v) is 14.7. The number of ether oxygens (including phenoxy) is 1. The summed E-state index contributed by atoms with van der Waals surface area (Å²) in [6.45, 7) is 4.55. The van der Waals surface area contributed by atoms with Crippen LogP contribution in [0.2, 0.25) is 0 Å². The summed E-state index contributed by atoms with van der Waals surface area (Å²) in [5.41, 5.74) is 3.44. The van der Waals surface area contributed by atoms with E-state index in [1.165, 1.54) is 114 Å². The van der Waals surface area contributed by atoms with E-state index in [0.717, 1.165) is 24.7 Å². The van der Waals surface area contributed by atoms with Crippen molar-refractivity contribution in [2.24, 2.45) is 11.8 Å². The van der Waals surface area contributed by atoms with Crippen molar-refractivity contribution in [3.05, 3.63) is 41.5 Å². The molecule has 0 N–H and O–H groups in total. The quantitative estimate of drug-likeness (QED) is 0.201. The zero-order chi connectivity index (χ0) is 24.0. The van der Waals surface area contributed by atoms with Gasteiger partial charge in [-0.15, -0.1) is 0 Å². The van der Waals surface area contributed by atoms with Gasteiger partial charge in [-0.05, 0) is 80.1 Å². The van der Waals surface area contributed by atoms with Gasteiger partial charge in [0.25, 0.3) is 0 Å². The van der Waals surface area contributed by atoms with Crippen LogP contribution in [0.5, 0.6) is 0 Å². The number of carbonyl (C=O) groups excluding carboxylic acids is 1. The van der Waals surface area contributed by atoms with Crippen LogP contribution < -0.4 is 0 Å². The second-order valence-corrected chi connectivity index (χ2v) is 11.0. The van der Waals surface area contributed by atoms with Crippen LogP contribution in [-0.2, 0) is 4.74 Å². The van der Waals surface area contributed by atoms with E-state index in [1.54, 1.807) is 0 Å². The van der Waals surface area contributed by atoms with Crippen molar-refractivity contribution < 1.29 is 9.53 Å². The second kappa shape index (κ2) is 15.4. The largest absolute Gasteiger partial charge is 0.459 e. The zero-order valence-electron chi connectivity index (χ0n) is 22.2. The molecule has 2 nitrogen and oxygen atoms in total. The molecule has 190 valence electrons. The van der Waals surface area contributed by atoms with E-state index in [9.17, 15) is 4.79 Å². The lowest BCUT2D eigenvalue weighted by Gasteiger charge is -2.28. The molecule has 2 aliphatic rings. The maximum atomic E-state index is 12.7. The third-order valence-electron chi connectivity index (χ3n) is 8.26. The van der Waals surface area contributed by atoms with E-state index in [1.807, 2.05) is 12.1 Å². The lowest BCUT2D eigenvalue weighted by Crippen LogP contribution is -2.24. The Bertz CT molecular complexity index is 724. The van der Waals surface area contributed by atoms with Gasteiger partial charge in [0.2, 0.25) is 0 Å². The molecule has 3 rings (SSSR count). The highest BCUT2D eigenvalue weighted by molar-refractivity contribution is 5.90. The number of rotatable bonds is 14. The molecule has 0 aromatic heterocycles. The molecule has 0 aliphatic heterocycles. The topological polar surface area (TPSA) is 26.3 Å². The molecule has 2 heteroatoms. The van der Waals surface area contributed by atoms with Crippen molar-refractivity contribution in [1.82, 2.24) is 0 Å². The zero-order valence-corrected chi connectivity index (χ0v) is 22.2. The van der Waals surface area contributed by atoms with Crippen LogP contribution in [0.1, 0.15) is 145 Å². The maximum Gasteiger partial charge on any atom is 0.338 e. The Morgan fingerprint density at radius 2 is 1.38 bits per heavy atom. The lowest BCUT2D eigenvalue weighted by molar-refractivity contribution is 0.0161. The molecule has 0 bridgehead atoms. The first-order valence-electron chi connectivity index (χ1n) is 14.7. The maximum absolute atomic E-state index is 12.7. The number of hydrogen-bond donors (Lipinski definition) is 0. The first-order chi connectivity index (χ1) is 16.7. The molecular weight excluding hydrogens is 416 g/mol. The monoisotopic (exact) mass is 466 g/mol. The third-order valence-corrected chi connectivity index (χ3v) is 8.26. The number of carbonyl (C=O) groups is 1. The van der Waals surface area contributed by atoms with Crippen molar-refractivity contribution in [3.63, 3.8) is 0 Å². The lowest BCUT2D eigenvalue weighted by atomic mass is 9.83. The highest BCUT2D eigenvalue weighted by Gasteiger charge is 2.24. The van der Waals surface area contributed by atoms with E-state index in [2.05, 4.69) is 32.1 Å². The normalized spacial score (nSPS) is 22.9. The van der Waals surface area contributed by atoms with Crippen LogP contribution in [-0.4, -0.2) is 12.1 Å². The molecule has 1 atom stereocenters. The average molecular weight is 467 g/mol. The Balaban J connectivity index is 1.36. The standard InChI is InChI=1S/C32H50O2/c1-3-5-7-9-11-13-27-16-24-31(25-17-27)34-32(33)30-22-20-29(21-23-30)28-18-14-26(15-19-28)12-10-8-6-4-2/h18,20-23,26-27,31H,3-17,19,24-25H2,1-2H3/t26?,27-,31-. The fraction of sp³-hybridized carbons (Fsp3) is 0.719. The Morgan fingerprint density at radius 1 is 0.765 bits per heavy atom. The molecule has 1 fully saturated rings. The van der Waals surface area contributed by atoms with Crippen molar-refractivity contribution in [3.8, 4) is 0 Å². The van der Waals surface area contributed by atoms with Gasteiger partial charge in [-0.2, -0.15) is 0 Å². The Morgan fingerprint density at radius 3 is 2.00 bits per heavy atom. The van der Waals surface area contributed by atoms with E-state index in [4.69, 9.17) is 4.74 Å². The molecular formula is C32H50O2. The summed E-state index contributed by atoms with van der Waals surface area (Å²) in [7, 11) is 0. The molecule has 0 spiro atoms. The van der Waals surface area contributed by atoms with Gasteiger partial charge in [0.05, 0.1) is 5.56 Å². The third kappa shape index (κ3) is 9.23. The summed E-state index contributed by atoms with van der Waals surface area (Å²) in [6, 6.07) is 8.19. The van der Waals surface area contributed by atoms with Crippen molar-refractivity contribution >= 4 is 11.5 Å². The number of esters is 1. The summed E-state index contributed by atoms with van der Waals surface area (Å²) < 4.78 is 5.88. The van der Waals surface area contributed by atoms with Gasteiger partial charge in [-0.1, -0.05) is 103 Å². The highest BCUT2D eigenvalue weighted by atomic mass is 16.5. The fourth-order valence-corrected chi connectivity index (χ4v) is 5.89. The van der Waals surface area contributed by atoms with Gasteiger partial charge < -0.3 is 4.74 Å². The predicted octanol–water partition coefficient (Wildman–Crippen LogP) is 9.92. The summed E-state index contributed by atoms with van der Waals surface area (Å²) >= 11 is 0. The van der Waals surface area contributed by atoms with Gasteiger partial charge >= 0.3 is 5.97 Å². The van der Waals surface area contributed by atoms with Gasteiger partial charge in [-0.3, -0.25) is 0 Å². The predicted molar refractivity (Wildman–Crippen MR) is 145 cm³/mol. The van der Waals surface area contributed by atoms with E-state index in [0.29, 0.717) is 5.56 Å². The molecule has 1 aromatic carbocycles. The van der Waals surface area contributed by atoms with Gasteiger partial charge in [0.15, 0.2) is 0 Å². The Hall–Kier alpha value is -1.57. The molecule has 1 saturated carbocycles. The van der Waals surface area contributed by atoms with Crippen molar-refractivity contribution in [2.75, 3.05) is 0 Å². The van der Waals surface area contributed by atoms with Crippen molar-refractivity contribution in [1.29, 1.82) is 0 Å². The molecule has 0 saturated heterocycles. The molecule has 34 heavy (non-hydrogen) atoms. The summed E-state index contributed by atoms with van der Waals surface area (Å²) in [5.74, 6) is 1.57. The van der Waals surface area contributed by atoms with Crippen molar-refractivity contribution in [2.45, 2.75) is 136 Å². The van der Waals surface area contributed by atoms with Gasteiger partial charge in [0, 0.05) is 0 Å². The number of unbranched alkanes of at least 4 members (excludes halogenated alkanes) is 7. The fourth-order valence-electron chi connectivity index (χ4n) is 5.89. The van der Waals surface area contributed by atoms with Crippen LogP contribution in [0, 0.1) is 11.8 Å². The highest BCUT2D eigenvalue weighted by Crippen LogP contribution is 2.33. The van der Waals surface area contributed by atoms with E-state index < -0.39 is 0 Å². The summed E-state index contributed by atoms with van der Waals surface area (Å²) in [4.78, 5) is 12.7. The molecule has 1 unspecified atom stereocenters. The SMILES string of the molecule is CCCCCCC[C@H]1CC[C@H](OC(=O)c2ccc(C3=CCC(CCCCCC)CC3)cc2)CC1. The minimum absolute atomic E-state index is 0.110. The number of hydrogen-bond acceptors (Lipinski definition) is 2. The first kappa shape index (κ1) is 27.0. The average Bonchev–Trinajstić information content (AvgIpc) is 2.88. The molecule has 0 heterocycles. The van der Waals surface area contributed by atoms with Crippen LogP contribution in [0.3, 0.4) is 0 Å². The minimum Gasteiger partial charge on any atom is -0.459 e. The van der Waals surface area contributed by atoms with Crippen LogP contribution in [0.4, 0.5) is 0 Å². The summed E-state index contributed by atoms with van der Waals surface area (Å²) in [5, 5.41) is 0. The molecule has 0 radical (unpaired) electrons.